The number of hydrogen-bond acceptors (Lipinski definition) is 3. The zero-order chi connectivity index (χ0) is 20.2. The maximum absolute atomic E-state index is 12.9. The number of methoxy groups -OCH3 is 1. The van der Waals surface area contributed by atoms with E-state index < -0.39 is 0 Å². The molecule has 1 heterocycles. The Morgan fingerprint density at radius 1 is 0.931 bits per heavy atom. The lowest BCUT2D eigenvalue weighted by Crippen LogP contribution is -2.16. The number of para-hydroxylation sites is 2. The fourth-order valence-electron chi connectivity index (χ4n) is 3.20. The van der Waals surface area contributed by atoms with Gasteiger partial charge in [-0.15, -0.1) is 0 Å². The van der Waals surface area contributed by atoms with Gasteiger partial charge in [0.2, 0.25) is 0 Å². The maximum atomic E-state index is 12.9. The van der Waals surface area contributed by atoms with Crippen molar-refractivity contribution in [2.75, 3.05) is 12.4 Å². The van der Waals surface area contributed by atoms with E-state index in [1.807, 2.05) is 73.7 Å². The molecule has 0 aliphatic rings. The molecule has 4 aromatic rings. The third-order valence-electron chi connectivity index (χ3n) is 4.62. The number of nitrogens with one attached hydrogen (secondary N) is 1. The summed E-state index contributed by atoms with van der Waals surface area (Å²) in [6.45, 7) is 2.04. The van der Waals surface area contributed by atoms with Crippen LogP contribution in [0, 0.1) is 6.92 Å². The SMILES string of the molecule is COc1ccccc1C(=O)Nc1cc(-c2cccc(C)c2)nn1-c1ccccc1. The number of rotatable bonds is 5. The Bertz CT molecular complexity index is 1150. The van der Waals surface area contributed by atoms with Gasteiger partial charge in [-0.25, -0.2) is 4.68 Å². The van der Waals surface area contributed by atoms with Crippen molar-refractivity contribution in [1.82, 2.24) is 9.78 Å². The van der Waals surface area contributed by atoms with Gasteiger partial charge in [0.25, 0.3) is 5.91 Å². The normalized spacial score (nSPS) is 10.6. The molecule has 0 aliphatic heterocycles. The van der Waals surface area contributed by atoms with Gasteiger partial charge in [-0.1, -0.05) is 54.1 Å². The minimum absolute atomic E-state index is 0.254. The number of benzene rings is 3. The number of amides is 1. The second-order valence-electron chi connectivity index (χ2n) is 6.69. The Balaban J connectivity index is 1.76. The minimum atomic E-state index is -0.254. The van der Waals surface area contributed by atoms with Gasteiger partial charge in [-0.2, -0.15) is 5.10 Å². The molecule has 0 aliphatic carbocycles. The molecule has 29 heavy (non-hydrogen) atoms. The molecule has 5 nitrogen and oxygen atoms in total. The van der Waals surface area contributed by atoms with Crippen LogP contribution in [-0.2, 0) is 0 Å². The van der Waals surface area contributed by atoms with Gasteiger partial charge in [-0.3, -0.25) is 4.79 Å². The molecule has 1 N–H and O–H groups in total. The Morgan fingerprint density at radius 3 is 2.45 bits per heavy atom. The van der Waals surface area contributed by atoms with E-state index in [0.29, 0.717) is 17.1 Å². The first-order valence-corrected chi connectivity index (χ1v) is 9.32. The lowest BCUT2D eigenvalue weighted by atomic mass is 10.1. The van der Waals surface area contributed by atoms with E-state index in [1.165, 1.54) is 0 Å². The standard InChI is InChI=1S/C24H21N3O2/c1-17-9-8-10-18(15-17)21-16-23(27(26-21)19-11-4-3-5-12-19)25-24(28)20-13-6-7-14-22(20)29-2/h3-16H,1-2H3,(H,25,28). The van der Waals surface area contributed by atoms with Crippen LogP contribution in [0.4, 0.5) is 5.82 Å². The number of nitrogens with zero attached hydrogens (tertiary/aromatic N) is 2. The first-order chi connectivity index (χ1) is 14.2. The van der Waals surface area contributed by atoms with E-state index in [0.717, 1.165) is 22.5 Å². The van der Waals surface area contributed by atoms with Gasteiger partial charge in [0.15, 0.2) is 0 Å². The summed E-state index contributed by atoms with van der Waals surface area (Å²) in [6.07, 6.45) is 0. The summed E-state index contributed by atoms with van der Waals surface area (Å²) in [5.74, 6) is 0.855. The van der Waals surface area contributed by atoms with Crippen molar-refractivity contribution in [2.45, 2.75) is 6.92 Å². The Morgan fingerprint density at radius 2 is 1.69 bits per heavy atom. The number of aromatic nitrogens is 2. The molecule has 0 bridgehead atoms. The quantitative estimate of drug-likeness (QED) is 0.521. The molecule has 0 fully saturated rings. The highest BCUT2D eigenvalue weighted by atomic mass is 16.5. The zero-order valence-corrected chi connectivity index (χ0v) is 16.3. The fraction of sp³-hybridized carbons (Fsp3) is 0.0833. The summed E-state index contributed by atoms with van der Waals surface area (Å²) >= 11 is 0. The summed E-state index contributed by atoms with van der Waals surface area (Å²) in [7, 11) is 1.55. The van der Waals surface area contributed by atoms with Crippen molar-refractivity contribution in [3.63, 3.8) is 0 Å². The van der Waals surface area contributed by atoms with E-state index in [4.69, 9.17) is 9.84 Å². The van der Waals surface area contributed by atoms with E-state index in [2.05, 4.69) is 11.4 Å². The molecule has 0 saturated heterocycles. The monoisotopic (exact) mass is 383 g/mol. The van der Waals surface area contributed by atoms with Crippen LogP contribution in [0.15, 0.2) is 84.9 Å². The van der Waals surface area contributed by atoms with Crippen LogP contribution in [0.5, 0.6) is 5.75 Å². The van der Waals surface area contributed by atoms with Crippen LogP contribution in [-0.4, -0.2) is 22.8 Å². The van der Waals surface area contributed by atoms with E-state index in [1.54, 1.807) is 23.9 Å². The fourth-order valence-corrected chi connectivity index (χ4v) is 3.20. The van der Waals surface area contributed by atoms with Gasteiger partial charge in [-0.05, 0) is 37.3 Å². The Kier molecular flexibility index (Phi) is 5.12. The average Bonchev–Trinajstić information content (AvgIpc) is 3.18. The van der Waals surface area contributed by atoms with Crippen molar-refractivity contribution < 1.29 is 9.53 Å². The summed E-state index contributed by atoms with van der Waals surface area (Å²) in [6, 6.07) is 26.9. The molecule has 0 radical (unpaired) electrons. The molecule has 4 rings (SSSR count). The molecule has 0 spiro atoms. The van der Waals surface area contributed by atoms with Gasteiger partial charge in [0.05, 0.1) is 24.1 Å². The van der Waals surface area contributed by atoms with Crippen LogP contribution < -0.4 is 10.1 Å². The number of hydrogen-bond donors (Lipinski definition) is 1. The molecular weight excluding hydrogens is 362 g/mol. The average molecular weight is 383 g/mol. The Labute approximate surface area is 169 Å². The van der Waals surface area contributed by atoms with Crippen molar-refractivity contribution in [2.24, 2.45) is 0 Å². The summed E-state index contributed by atoms with van der Waals surface area (Å²) in [5, 5.41) is 7.74. The van der Waals surface area contributed by atoms with Gasteiger partial charge in [0.1, 0.15) is 11.6 Å². The number of aryl methyl sites for hydroxylation is 1. The number of carbonyl (C=O) groups excluding carboxylic acids is 1. The lowest BCUT2D eigenvalue weighted by Gasteiger charge is -2.11. The lowest BCUT2D eigenvalue weighted by molar-refractivity contribution is 0.102. The number of anilines is 1. The Hall–Kier alpha value is -3.86. The third-order valence-corrected chi connectivity index (χ3v) is 4.62. The predicted molar refractivity (Wildman–Crippen MR) is 115 cm³/mol. The summed E-state index contributed by atoms with van der Waals surface area (Å²) in [4.78, 5) is 12.9. The van der Waals surface area contributed by atoms with Crippen LogP contribution in [0.25, 0.3) is 16.9 Å². The molecule has 5 heteroatoms. The molecule has 1 amide bonds. The smallest absolute Gasteiger partial charge is 0.260 e. The predicted octanol–water partition coefficient (Wildman–Crippen LogP) is 5.11. The second-order valence-corrected chi connectivity index (χ2v) is 6.69. The van der Waals surface area contributed by atoms with Crippen LogP contribution in [0.3, 0.4) is 0 Å². The minimum Gasteiger partial charge on any atom is -0.496 e. The highest BCUT2D eigenvalue weighted by molar-refractivity contribution is 6.06. The molecule has 144 valence electrons. The molecule has 3 aromatic carbocycles. The summed E-state index contributed by atoms with van der Waals surface area (Å²) in [5.41, 5.74) is 4.26. The van der Waals surface area contributed by atoms with Crippen molar-refractivity contribution in [3.8, 4) is 22.7 Å². The highest BCUT2D eigenvalue weighted by Crippen LogP contribution is 2.27. The highest BCUT2D eigenvalue weighted by Gasteiger charge is 2.17. The zero-order valence-electron chi connectivity index (χ0n) is 16.3. The topological polar surface area (TPSA) is 56.1 Å². The second kappa shape index (κ2) is 8.02. The number of ether oxygens (including phenoxy) is 1. The largest absolute Gasteiger partial charge is 0.496 e. The van der Waals surface area contributed by atoms with E-state index in [-0.39, 0.29) is 5.91 Å². The molecule has 0 saturated carbocycles. The molecule has 0 atom stereocenters. The molecule has 0 unspecified atom stereocenters. The van der Waals surface area contributed by atoms with Crippen molar-refractivity contribution in [1.29, 1.82) is 0 Å². The first-order valence-electron chi connectivity index (χ1n) is 9.32. The number of carbonyl (C=O) groups is 1. The van der Waals surface area contributed by atoms with Crippen molar-refractivity contribution in [3.05, 3.63) is 96.1 Å². The molecular formula is C24H21N3O2. The van der Waals surface area contributed by atoms with Gasteiger partial charge >= 0.3 is 0 Å². The van der Waals surface area contributed by atoms with E-state index >= 15 is 0 Å². The van der Waals surface area contributed by atoms with Gasteiger partial charge < -0.3 is 10.1 Å². The first kappa shape index (κ1) is 18.5. The van der Waals surface area contributed by atoms with Crippen LogP contribution >= 0.6 is 0 Å². The third kappa shape index (κ3) is 3.89. The maximum Gasteiger partial charge on any atom is 0.260 e. The summed E-state index contributed by atoms with van der Waals surface area (Å²) < 4.78 is 7.06. The van der Waals surface area contributed by atoms with Crippen LogP contribution in [0.1, 0.15) is 15.9 Å². The van der Waals surface area contributed by atoms with E-state index in [9.17, 15) is 4.79 Å². The molecule has 1 aromatic heterocycles. The van der Waals surface area contributed by atoms with Crippen molar-refractivity contribution >= 4 is 11.7 Å². The van der Waals surface area contributed by atoms with Crippen LogP contribution in [0.2, 0.25) is 0 Å². The van der Waals surface area contributed by atoms with Gasteiger partial charge in [0, 0.05) is 11.6 Å².